The van der Waals surface area contributed by atoms with Crippen molar-refractivity contribution in [2.24, 2.45) is 4.99 Å². The topological polar surface area (TPSA) is 58.1 Å². The lowest BCUT2D eigenvalue weighted by atomic mass is 10.1. The van der Waals surface area contributed by atoms with Crippen LogP contribution in [0.4, 0.5) is 0 Å². The maximum atomic E-state index is 5.41. The van der Waals surface area contributed by atoms with Crippen molar-refractivity contribution in [1.29, 1.82) is 0 Å². The third-order valence-electron chi connectivity index (χ3n) is 3.85. The lowest BCUT2D eigenvalue weighted by molar-refractivity contribution is 0.0310. The minimum absolute atomic E-state index is 0.235. The smallest absolute Gasteiger partial charge is 0.191 e. The Morgan fingerprint density at radius 2 is 1.95 bits per heavy atom. The van der Waals surface area contributed by atoms with E-state index in [-0.39, 0.29) is 5.60 Å². The van der Waals surface area contributed by atoms with Gasteiger partial charge >= 0.3 is 0 Å². The average molecular weight is 314 g/mol. The summed E-state index contributed by atoms with van der Waals surface area (Å²) in [5.41, 5.74) is -0.235. The number of guanidine groups is 1. The van der Waals surface area contributed by atoms with Crippen LogP contribution in [0, 0.1) is 0 Å². The Kier molecular flexibility index (Phi) is 8.75. The van der Waals surface area contributed by atoms with E-state index in [1.54, 1.807) is 14.2 Å². The zero-order valence-corrected chi connectivity index (χ0v) is 14.9. The lowest BCUT2D eigenvalue weighted by Crippen LogP contribution is -2.43. The molecule has 0 radical (unpaired) electrons. The first-order valence-electron chi connectivity index (χ1n) is 8.32. The summed E-state index contributed by atoms with van der Waals surface area (Å²) >= 11 is 0. The summed E-state index contributed by atoms with van der Waals surface area (Å²) in [6.45, 7) is 11.4. The molecule has 1 aliphatic rings. The van der Waals surface area contributed by atoms with E-state index in [0.717, 1.165) is 44.8 Å². The SMILES string of the molecule is CCNC(=NCC(C)(C)OC)NCCN(CCOC)C1CC1. The maximum absolute atomic E-state index is 5.41. The maximum Gasteiger partial charge on any atom is 0.191 e. The minimum Gasteiger partial charge on any atom is -0.383 e. The van der Waals surface area contributed by atoms with E-state index in [2.05, 4.69) is 27.4 Å². The fourth-order valence-corrected chi connectivity index (χ4v) is 2.12. The Morgan fingerprint density at radius 3 is 2.50 bits per heavy atom. The standard InChI is InChI=1S/C16H34N4O2/c1-6-17-15(19-13-16(2,3)22-5)18-9-10-20(11-12-21-4)14-7-8-14/h14H,6-13H2,1-5H3,(H2,17,18,19). The van der Waals surface area contributed by atoms with E-state index >= 15 is 0 Å². The first kappa shape index (κ1) is 19.2. The number of rotatable bonds is 11. The highest BCUT2D eigenvalue weighted by molar-refractivity contribution is 5.79. The monoisotopic (exact) mass is 314 g/mol. The third-order valence-corrected chi connectivity index (χ3v) is 3.85. The first-order valence-corrected chi connectivity index (χ1v) is 8.32. The van der Waals surface area contributed by atoms with Crippen LogP contribution in [0.3, 0.4) is 0 Å². The number of methoxy groups -OCH3 is 2. The summed E-state index contributed by atoms with van der Waals surface area (Å²) in [7, 11) is 3.48. The molecule has 0 bridgehead atoms. The van der Waals surface area contributed by atoms with Gasteiger partial charge in [0.05, 0.1) is 18.8 Å². The van der Waals surface area contributed by atoms with Crippen LogP contribution < -0.4 is 10.6 Å². The predicted molar refractivity (Wildman–Crippen MR) is 91.5 cm³/mol. The van der Waals surface area contributed by atoms with Crippen LogP contribution in [0.1, 0.15) is 33.6 Å². The van der Waals surface area contributed by atoms with E-state index in [9.17, 15) is 0 Å². The van der Waals surface area contributed by atoms with Crippen LogP contribution in [0.25, 0.3) is 0 Å². The Labute approximate surface area is 135 Å². The highest BCUT2D eigenvalue weighted by Crippen LogP contribution is 2.25. The van der Waals surface area contributed by atoms with Crippen molar-refractivity contribution in [2.45, 2.75) is 45.3 Å². The van der Waals surface area contributed by atoms with Gasteiger partial charge in [-0.1, -0.05) is 0 Å². The molecule has 0 saturated heterocycles. The summed E-state index contributed by atoms with van der Waals surface area (Å²) in [5, 5.41) is 6.69. The van der Waals surface area contributed by atoms with Gasteiger partial charge in [-0.25, -0.2) is 0 Å². The molecule has 1 fully saturated rings. The van der Waals surface area contributed by atoms with E-state index in [4.69, 9.17) is 9.47 Å². The largest absolute Gasteiger partial charge is 0.383 e. The van der Waals surface area contributed by atoms with Gasteiger partial charge in [0.2, 0.25) is 0 Å². The van der Waals surface area contributed by atoms with Crippen molar-refractivity contribution >= 4 is 5.96 Å². The molecule has 0 aromatic carbocycles. The van der Waals surface area contributed by atoms with Crippen molar-refractivity contribution < 1.29 is 9.47 Å². The van der Waals surface area contributed by atoms with Gasteiger partial charge in [0, 0.05) is 46.4 Å². The van der Waals surface area contributed by atoms with Crippen molar-refractivity contribution in [3.63, 3.8) is 0 Å². The van der Waals surface area contributed by atoms with Gasteiger partial charge in [0.25, 0.3) is 0 Å². The number of nitrogens with zero attached hydrogens (tertiary/aromatic N) is 2. The molecular weight excluding hydrogens is 280 g/mol. The second kappa shape index (κ2) is 10.0. The molecule has 2 N–H and O–H groups in total. The van der Waals surface area contributed by atoms with Gasteiger partial charge in [0.1, 0.15) is 0 Å². The normalized spacial score (nSPS) is 16.2. The molecule has 1 saturated carbocycles. The number of hydrogen-bond acceptors (Lipinski definition) is 4. The Morgan fingerprint density at radius 1 is 1.23 bits per heavy atom. The second-order valence-corrected chi connectivity index (χ2v) is 6.35. The second-order valence-electron chi connectivity index (χ2n) is 6.35. The van der Waals surface area contributed by atoms with Crippen LogP contribution in [-0.2, 0) is 9.47 Å². The number of hydrogen-bond donors (Lipinski definition) is 2. The van der Waals surface area contributed by atoms with E-state index in [1.165, 1.54) is 12.8 Å². The molecule has 0 amide bonds. The Balaban J connectivity index is 2.37. The summed E-state index contributed by atoms with van der Waals surface area (Å²) in [6.07, 6.45) is 2.64. The van der Waals surface area contributed by atoms with Gasteiger partial charge in [-0.05, 0) is 33.6 Å². The average Bonchev–Trinajstić information content (AvgIpc) is 3.33. The van der Waals surface area contributed by atoms with Gasteiger partial charge < -0.3 is 20.1 Å². The molecule has 0 unspecified atom stereocenters. The van der Waals surface area contributed by atoms with Gasteiger partial charge in [-0.15, -0.1) is 0 Å². The minimum atomic E-state index is -0.235. The quantitative estimate of drug-likeness (QED) is 0.441. The molecular formula is C16H34N4O2. The van der Waals surface area contributed by atoms with Crippen molar-refractivity contribution in [2.75, 3.05) is 53.6 Å². The Hall–Kier alpha value is -0.850. The van der Waals surface area contributed by atoms with Crippen molar-refractivity contribution in [3.8, 4) is 0 Å². The molecule has 6 heteroatoms. The first-order chi connectivity index (χ1) is 10.5. The van der Waals surface area contributed by atoms with Crippen molar-refractivity contribution in [3.05, 3.63) is 0 Å². The van der Waals surface area contributed by atoms with Crippen LogP contribution >= 0.6 is 0 Å². The van der Waals surface area contributed by atoms with Gasteiger partial charge in [0.15, 0.2) is 5.96 Å². The molecule has 1 aliphatic carbocycles. The summed E-state index contributed by atoms with van der Waals surface area (Å²) in [4.78, 5) is 7.10. The zero-order valence-electron chi connectivity index (χ0n) is 14.9. The predicted octanol–water partition coefficient (Wildman–Crippen LogP) is 1.08. The number of nitrogens with one attached hydrogen (secondary N) is 2. The van der Waals surface area contributed by atoms with Crippen LogP contribution in [-0.4, -0.2) is 76.1 Å². The molecule has 130 valence electrons. The lowest BCUT2D eigenvalue weighted by Gasteiger charge is -2.23. The molecule has 6 nitrogen and oxygen atoms in total. The van der Waals surface area contributed by atoms with Crippen LogP contribution in [0.15, 0.2) is 4.99 Å². The number of ether oxygens (including phenoxy) is 2. The molecule has 0 aliphatic heterocycles. The zero-order chi connectivity index (χ0) is 16.4. The third kappa shape index (κ3) is 7.96. The fourth-order valence-electron chi connectivity index (χ4n) is 2.12. The highest BCUT2D eigenvalue weighted by Gasteiger charge is 2.28. The van der Waals surface area contributed by atoms with Gasteiger partial charge in [-0.3, -0.25) is 9.89 Å². The molecule has 0 aromatic rings. The molecule has 1 rings (SSSR count). The van der Waals surface area contributed by atoms with E-state index < -0.39 is 0 Å². The van der Waals surface area contributed by atoms with Crippen LogP contribution in [0.5, 0.6) is 0 Å². The molecule has 0 spiro atoms. The summed E-state index contributed by atoms with van der Waals surface area (Å²) in [5.74, 6) is 0.857. The molecule has 0 atom stereocenters. The summed E-state index contributed by atoms with van der Waals surface area (Å²) < 4.78 is 10.6. The fraction of sp³-hybridized carbons (Fsp3) is 0.938. The highest BCUT2D eigenvalue weighted by atomic mass is 16.5. The van der Waals surface area contributed by atoms with Gasteiger partial charge in [-0.2, -0.15) is 0 Å². The summed E-state index contributed by atoms with van der Waals surface area (Å²) in [6, 6.07) is 0.754. The number of aliphatic imine (C=N–C) groups is 1. The molecule has 0 heterocycles. The van der Waals surface area contributed by atoms with E-state index in [0.29, 0.717) is 6.54 Å². The van der Waals surface area contributed by atoms with E-state index in [1.807, 2.05) is 13.8 Å². The van der Waals surface area contributed by atoms with Crippen LogP contribution in [0.2, 0.25) is 0 Å². The molecule has 0 aromatic heterocycles. The van der Waals surface area contributed by atoms with Crippen molar-refractivity contribution in [1.82, 2.24) is 15.5 Å². The molecule has 22 heavy (non-hydrogen) atoms. The Bertz CT molecular complexity index is 330.